The van der Waals surface area contributed by atoms with E-state index < -0.39 is 11.9 Å². The van der Waals surface area contributed by atoms with Crippen LogP contribution in [0.3, 0.4) is 0 Å². The summed E-state index contributed by atoms with van der Waals surface area (Å²) in [7, 11) is 0. The first-order valence-electron chi connectivity index (χ1n) is 8.96. The maximum absolute atomic E-state index is 14.1. The molecule has 0 aromatic heterocycles. The second-order valence-electron chi connectivity index (χ2n) is 6.86. The molecular formula is C21H23BrClFN2O2. The van der Waals surface area contributed by atoms with Gasteiger partial charge < -0.3 is 10.2 Å². The van der Waals surface area contributed by atoms with Crippen LogP contribution in [-0.4, -0.2) is 28.8 Å². The lowest BCUT2D eigenvalue weighted by atomic mass is 10.1. The van der Waals surface area contributed by atoms with E-state index in [0.29, 0.717) is 0 Å². The summed E-state index contributed by atoms with van der Waals surface area (Å²) in [5.74, 6) is -1.18. The van der Waals surface area contributed by atoms with Crippen LogP contribution in [0.15, 0.2) is 46.9 Å². The minimum Gasteiger partial charge on any atom is -0.352 e. The normalized spacial score (nSPS) is 12.0. The zero-order valence-electron chi connectivity index (χ0n) is 16.0. The quantitative estimate of drug-likeness (QED) is 0.637. The van der Waals surface area contributed by atoms with Crippen LogP contribution in [-0.2, 0) is 22.6 Å². The molecule has 0 spiro atoms. The minimum absolute atomic E-state index is 0.0550. The molecule has 1 atom stereocenters. The molecular weight excluding hydrogens is 447 g/mol. The maximum atomic E-state index is 14.1. The third-order valence-corrected chi connectivity index (χ3v) is 5.14. The molecule has 150 valence electrons. The molecule has 0 unspecified atom stereocenters. The fourth-order valence-corrected chi connectivity index (χ4v) is 3.22. The molecule has 2 rings (SSSR count). The van der Waals surface area contributed by atoms with Crippen LogP contribution >= 0.6 is 27.5 Å². The van der Waals surface area contributed by atoms with Crippen molar-refractivity contribution in [2.75, 3.05) is 0 Å². The molecule has 1 N–H and O–H groups in total. The Labute approximate surface area is 178 Å². The van der Waals surface area contributed by atoms with Gasteiger partial charge in [0.25, 0.3) is 0 Å². The highest BCUT2D eigenvalue weighted by molar-refractivity contribution is 9.10. The highest BCUT2D eigenvalue weighted by Crippen LogP contribution is 2.22. The summed E-state index contributed by atoms with van der Waals surface area (Å²) in [5.41, 5.74) is 0.992. The molecule has 2 aromatic carbocycles. The van der Waals surface area contributed by atoms with E-state index in [1.165, 1.54) is 17.0 Å². The lowest BCUT2D eigenvalue weighted by molar-refractivity contribution is -0.140. The van der Waals surface area contributed by atoms with Gasteiger partial charge in [-0.3, -0.25) is 9.59 Å². The monoisotopic (exact) mass is 468 g/mol. The van der Waals surface area contributed by atoms with Crippen molar-refractivity contribution in [2.24, 2.45) is 0 Å². The van der Waals surface area contributed by atoms with E-state index >= 15 is 0 Å². The van der Waals surface area contributed by atoms with Gasteiger partial charge in [0.15, 0.2) is 0 Å². The molecule has 0 saturated heterocycles. The average molecular weight is 470 g/mol. The van der Waals surface area contributed by atoms with Crippen molar-refractivity contribution in [1.29, 1.82) is 0 Å². The molecule has 7 heteroatoms. The Hall–Kier alpha value is -1.92. The summed E-state index contributed by atoms with van der Waals surface area (Å²) < 4.78 is 15.1. The number of halogens is 3. The van der Waals surface area contributed by atoms with E-state index in [2.05, 4.69) is 21.2 Å². The Bertz CT molecular complexity index is 823. The van der Waals surface area contributed by atoms with Gasteiger partial charge in [-0.15, -0.1) is 0 Å². The molecule has 0 bridgehead atoms. The van der Waals surface area contributed by atoms with Gasteiger partial charge in [0.2, 0.25) is 11.8 Å². The van der Waals surface area contributed by atoms with Crippen LogP contribution in [0, 0.1) is 5.82 Å². The Kier molecular flexibility index (Phi) is 8.01. The average Bonchev–Trinajstić information content (AvgIpc) is 2.63. The highest BCUT2D eigenvalue weighted by Gasteiger charge is 2.27. The summed E-state index contributed by atoms with van der Waals surface area (Å²) in [4.78, 5) is 27.0. The zero-order chi connectivity index (χ0) is 20.8. The van der Waals surface area contributed by atoms with Crippen molar-refractivity contribution in [3.63, 3.8) is 0 Å². The van der Waals surface area contributed by atoms with E-state index in [1.807, 2.05) is 38.1 Å². The van der Waals surface area contributed by atoms with Crippen LogP contribution in [0.4, 0.5) is 4.39 Å². The van der Waals surface area contributed by atoms with E-state index in [4.69, 9.17) is 11.6 Å². The minimum atomic E-state index is -0.718. The van der Waals surface area contributed by atoms with Crippen LogP contribution in [0.5, 0.6) is 0 Å². The van der Waals surface area contributed by atoms with Gasteiger partial charge >= 0.3 is 0 Å². The second-order valence-corrected chi connectivity index (χ2v) is 8.19. The number of nitrogens with zero attached hydrogens (tertiary/aromatic N) is 1. The number of hydrogen-bond donors (Lipinski definition) is 1. The molecule has 28 heavy (non-hydrogen) atoms. The van der Waals surface area contributed by atoms with Gasteiger partial charge in [-0.25, -0.2) is 4.39 Å². The lowest BCUT2D eigenvalue weighted by Gasteiger charge is -2.29. The van der Waals surface area contributed by atoms with E-state index in [1.54, 1.807) is 13.0 Å². The van der Waals surface area contributed by atoms with Crippen molar-refractivity contribution in [2.45, 2.75) is 45.8 Å². The molecule has 0 saturated carbocycles. The van der Waals surface area contributed by atoms with Crippen molar-refractivity contribution < 1.29 is 14.0 Å². The predicted octanol–water partition coefficient (Wildman–Crippen LogP) is 4.73. The summed E-state index contributed by atoms with van der Waals surface area (Å²) >= 11 is 9.45. The Morgan fingerprint density at radius 1 is 1.14 bits per heavy atom. The largest absolute Gasteiger partial charge is 0.352 e. The topological polar surface area (TPSA) is 49.4 Å². The molecule has 0 heterocycles. The van der Waals surface area contributed by atoms with Crippen LogP contribution in [0.1, 0.15) is 31.9 Å². The van der Waals surface area contributed by atoms with Crippen molar-refractivity contribution in [1.82, 2.24) is 10.2 Å². The smallest absolute Gasteiger partial charge is 0.242 e. The van der Waals surface area contributed by atoms with Gasteiger partial charge in [0, 0.05) is 27.6 Å². The third kappa shape index (κ3) is 6.04. The lowest BCUT2D eigenvalue weighted by Crippen LogP contribution is -2.49. The summed E-state index contributed by atoms with van der Waals surface area (Å²) in [5, 5.41) is 3.01. The number of rotatable bonds is 7. The molecule has 0 fully saturated rings. The molecule has 2 aromatic rings. The second kappa shape index (κ2) is 10.0. The van der Waals surface area contributed by atoms with Gasteiger partial charge in [-0.2, -0.15) is 0 Å². The molecule has 0 radical (unpaired) electrons. The van der Waals surface area contributed by atoms with Gasteiger partial charge in [-0.05, 0) is 50.6 Å². The number of nitrogens with one attached hydrogen (secondary N) is 1. The SMILES string of the molecule is CC(C)NC(=O)[C@@H](C)N(Cc1ccc(Br)cc1)C(=O)Cc1c(F)cccc1Cl. The number of carbonyl (C=O) groups is 2. The van der Waals surface area contributed by atoms with E-state index in [0.717, 1.165) is 10.0 Å². The first-order chi connectivity index (χ1) is 13.2. The fraction of sp³-hybridized carbons (Fsp3) is 0.333. The third-order valence-electron chi connectivity index (χ3n) is 4.25. The van der Waals surface area contributed by atoms with E-state index in [9.17, 15) is 14.0 Å². The first kappa shape index (κ1) is 22.4. The zero-order valence-corrected chi connectivity index (χ0v) is 18.3. The summed E-state index contributed by atoms with van der Waals surface area (Å²) in [6.45, 7) is 5.59. The molecule has 0 aliphatic heterocycles. The van der Waals surface area contributed by atoms with E-state index in [-0.39, 0.29) is 41.4 Å². The number of amides is 2. The van der Waals surface area contributed by atoms with Gasteiger partial charge in [-0.1, -0.05) is 45.7 Å². The summed E-state index contributed by atoms with van der Waals surface area (Å²) in [6.07, 6.45) is -0.221. The Morgan fingerprint density at radius 2 is 1.79 bits per heavy atom. The summed E-state index contributed by atoms with van der Waals surface area (Å²) in [6, 6.07) is 11.0. The first-order valence-corrected chi connectivity index (χ1v) is 10.1. The maximum Gasteiger partial charge on any atom is 0.242 e. The molecule has 4 nitrogen and oxygen atoms in total. The van der Waals surface area contributed by atoms with Crippen molar-refractivity contribution in [3.05, 3.63) is 68.9 Å². The Morgan fingerprint density at radius 3 is 2.36 bits per heavy atom. The number of hydrogen-bond acceptors (Lipinski definition) is 2. The molecule has 2 amide bonds. The van der Waals surface area contributed by atoms with Crippen LogP contribution in [0.2, 0.25) is 5.02 Å². The molecule has 0 aliphatic carbocycles. The molecule has 0 aliphatic rings. The van der Waals surface area contributed by atoms with Crippen molar-refractivity contribution in [3.8, 4) is 0 Å². The number of carbonyl (C=O) groups excluding carboxylic acids is 2. The Balaban J connectivity index is 2.29. The van der Waals surface area contributed by atoms with Gasteiger partial charge in [0.05, 0.1) is 6.42 Å². The fourth-order valence-electron chi connectivity index (χ4n) is 2.73. The van der Waals surface area contributed by atoms with Crippen molar-refractivity contribution >= 4 is 39.3 Å². The highest BCUT2D eigenvalue weighted by atomic mass is 79.9. The van der Waals surface area contributed by atoms with Crippen LogP contribution in [0.25, 0.3) is 0 Å². The van der Waals surface area contributed by atoms with Gasteiger partial charge in [0.1, 0.15) is 11.9 Å². The predicted molar refractivity (Wildman–Crippen MR) is 113 cm³/mol. The van der Waals surface area contributed by atoms with Crippen LogP contribution < -0.4 is 5.32 Å². The number of benzene rings is 2. The standard InChI is InChI=1S/C21H23BrClFN2O2/c1-13(2)25-21(28)14(3)26(12-15-7-9-16(22)10-8-15)20(27)11-17-18(23)5-4-6-19(17)24/h4-10,13-14H,11-12H2,1-3H3,(H,25,28)/t14-/m1/s1.